The molecule has 0 spiro atoms. The molecule has 0 bridgehead atoms. The van der Waals surface area contributed by atoms with Crippen LogP contribution < -0.4 is 10.3 Å². The minimum Gasteiger partial charge on any atom is -0.450 e. The van der Waals surface area contributed by atoms with Gasteiger partial charge in [0.25, 0.3) is 5.91 Å². The second-order valence-corrected chi connectivity index (χ2v) is 8.13. The van der Waals surface area contributed by atoms with Gasteiger partial charge in [-0.3, -0.25) is 14.5 Å². The summed E-state index contributed by atoms with van der Waals surface area (Å²) >= 11 is 9.67. The molecule has 2 heterocycles. The van der Waals surface area contributed by atoms with Crippen molar-refractivity contribution in [1.82, 2.24) is 0 Å². The van der Waals surface area contributed by atoms with Crippen molar-refractivity contribution >= 4 is 50.1 Å². The van der Waals surface area contributed by atoms with Crippen LogP contribution in [0.15, 0.2) is 86.5 Å². The SMILES string of the molecule is O=C1c2oc3ccccc3c(=O)c2C(c2cccc(Br)c2)N1c1cccc(Cl)c1. The van der Waals surface area contributed by atoms with Crippen LogP contribution in [0.3, 0.4) is 0 Å². The Morgan fingerprint density at radius 1 is 0.931 bits per heavy atom. The molecule has 4 aromatic rings. The van der Waals surface area contributed by atoms with Crippen LogP contribution in [0.2, 0.25) is 5.02 Å². The molecule has 0 aliphatic carbocycles. The number of hydrogen-bond acceptors (Lipinski definition) is 3. The number of rotatable bonds is 2. The van der Waals surface area contributed by atoms with E-state index in [4.69, 9.17) is 16.0 Å². The van der Waals surface area contributed by atoms with Gasteiger partial charge in [0.05, 0.1) is 17.0 Å². The molecule has 142 valence electrons. The van der Waals surface area contributed by atoms with E-state index in [1.54, 1.807) is 53.4 Å². The van der Waals surface area contributed by atoms with Crippen molar-refractivity contribution < 1.29 is 9.21 Å². The van der Waals surface area contributed by atoms with Gasteiger partial charge in [-0.05, 0) is 48.0 Å². The highest BCUT2D eigenvalue weighted by molar-refractivity contribution is 9.10. The van der Waals surface area contributed by atoms with Gasteiger partial charge in [0.2, 0.25) is 5.76 Å². The van der Waals surface area contributed by atoms with Gasteiger partial charge in [-0.25, -0.2) is 0 Å². The maximum Gasteiger partial charge on any atom is 0.295 e. The zero-order valence-corrected chi connectivity index (χ0v) is 17.3. The fourth-order valence-corrected chi connectivity index (χ4v) is 4.41. The van der Waals surface area contributed by atoms with Gasteiger partial charge in [0.1, 0.15) is 5.58 Å². The van der Waals surface area contributed by atoms with Crippen molar-refractivity contribution in [3.05, 3.63) is 109 Å². The van der Waals surface area contributed by atoms with E-state index in [0.29, 0.717) is 27.2 Å². The molecule has 29 heavy (non-hydrogen) atoms. The third-order valence-electron chi connectivity index (χ3n) is 5.03. The van der Waals surface area contributed by atoms with E-state index in [2.05, 4.69) is 15.9 Å². The Morgan fingerprint density at radius 2 is 1.72 bits per heavy atom. The highest BCUT2D eigenvalue weighted by atomic mass is 79.9. The lowest BCUT2D eigenvalue weighted by Gasteiger charge is -2.25. The summed E-state index contributed by atoms with van der Waals surface area (Å²) in [6.07, 6.45) is 0. The number of hydrogen-bond donors (Lipinski definition) is 0. The zero-order chi connectivity index (χ0) is 20.1. The molecule has 0 radical (unpaired) electrons. The number of para-hydroxylation sites is 1. The number of halogens is 2. The zero-order valence-electron chi connectivity index (χ0n) is 14.9. The van der Waals surface area contributed by atoms with Crippen LogP contribution >= 0.6 is 27.5 Å². The normalized spacial score (nSPS) is 15.7. The van der Waals surface area contributed by atoms with Gasteiger partial charge in [0, 0.05) is 15.2 Å². The third-order valence-corrected chi connectivity index (χ3v) is 5.76. The lowest BCUT2D eigenvalue weighted by atomic mass is 9.98. The Labute approximate surface area is 179 Å². The first kappa shape index (κ1) is 18.2. The number of fused-ring (bicyclic) bond motifs is 2. The monoisotopic (exact) mass is 465 g/mol. The van der Waals surface area contributed by atoms with E-state index in [-0.39, 0.29) is 17.1 Å². The van der Waals surface area contributed by atoms with Crippen LogP contribution in [0.25, 0.3) is 11.0 Å². The molecule has 6 heteroatoms. The van der Waals surface area contributed by atoms with Gasteiger partial charge in [0.15, 0.2) is 5.43 Å². The average Bonchev–Trinajstić information content (AvgIpc) is 3.01. The summed E-state index contributed by atoms with van der Waals surface area (Å²) in [6.45, 7) is 0. The van der Waals surface area contributed by atoms with E-state index in [9.17, 15) is 9.59 Å². The summed E-state index contributed by atoms with van der Waals surface area (Å²) in [7, 11) is 0. The lowest BCUT2D eigenvalue weighted by molar-refractivity contribution is 0.0971. The Morgan fingerprint density at radius 3 is 2.52 bits per heavy atom. The third kappa shape index (κ3) is 2.89. The van der Waals surface area contributed by atoms with Crippen molar-refractivity contribution in [3.63, 3.8) is 0 Å². The fourth-order valence-electron chi connectivity index (χ4n) is 3.80. The second kappa shape index (κ2) is 6.87. The van der Waals surface area contributed by atoms with Crippen LogP contribution in [-0.2, 0) is 0 Å². The van der Waals surface area contributed by atoms with Crippen molar-refractivity contribution in [3.8, 4) is 0 Å². The summed E-state index contributed by atoms with van der Waals surface area (Å²) < 4.78 is 6.78. The quantitative estimate of drug-likeness (QED) is 0.366. The topological polar surface area (TPSA) is 50.5 Å². The molecule has 0 fully saturated rings. The van der Waals surface area contributed by atoms with E-state index in [1.165, 1.54) is 0 Å². The minimum atomic E-state index is -0.616. The molecule has 1 unspecified atom stereocenters. The van der Waals surface area contributed by atoms with Gasteiger partial charge >= 0.3 is 0 Å². The van der Waals surface area contributed by atoms with Crippen LogP contribution in [0, 0.1) is 0 Å². The second-order valence-electron chi connectivity index (χ2n) is 6.78. The lowest BCUT2D eigenvalue weighted by Crippen LogP contribution is -2.29. The molecule has 0 saturated carbocycles. The largest absolute Gasteiger partial charge is 0.450 e. The molecule has 5 rings (SSSR count). The highest BCUT2D eigenvalue weighted by Crippen LogP contribution is 2.42. The van der Waals surface area contributed by atoms with Crippen LogP contribution in [0.1, 0.15) is 27.7 Å². The maximum atomic E-state index is 13.4. The van der Waals surface area contributed by atoms with E-state index < -0.39 is 6.04 Å². The van der Waals surface area contributed by atoms with E-state index in [1.807, 2.05) is 24.3 Å². The summed E-state index contributed by atoms with van der Waals surface area (Å²) in [6, 6.07) is 20.9. The van der Waals surface area contributed by atoms with E-state index >= 15 is 0 Å². The number of amides is 1. The highest BCUT2D eigenvalue weighted by Gasteiger charge is 2.43. The molecule has 1 aliphatic rings. The summed E-state index contributed by atoms with van der Waals surface area (Å²) in [5.41, 5.74) is 1.93. The predicted molar refractivity (Wildman–Crippen MR) is 117 cm³/mol. The van der Waals surface area contributed by atoms with Crippen LogP contribution in [-0.4, -0.2) is 5.91 Å². The Hall–Kier alpha value is -2.89. The van der Waals surface area contributed by atoms with Crippen molar-refractivity contribution in [2.24, 2.45) is 0 Å². The Kier molecular flexibility index (Phi) is 4.30. The summed E-state index contributed by atoms with van der Waals surface area (Å²) in [5, 5.41) is 0.954. The first-order chi connectivity index (χ1) is 14.0. The number of anilines is 1. The van der Waals surface area contributed by atoms with Gasteiger partial charge in [-0.15, -0.1) is 0 Å². The van der Waals surface area contributed by atoms with Crippen molar-refractivity contribution in [2.75, 3.05) is 4.90 Å². The molecular formula is C23H13BrClNO3. The summed E-state index contributed by atoms with van der Waals surface area (Å²) in [4.78, 5) is 28.4. The first-order valence-electron chi connectivity index (χ1n) is 8.95. The first-order valence-corrected chi connectivity index (χ1v) is 10.1. The standard InChI is InChI=1S/C23H13BrClNO3/c24-14-6-3-5-13(11-14)20-19-21(27)17-9-1-2-10-18(17)29-22(19)23(28)26(20)16-8-4-7-15(25)12-16/h1-12,20H. The average molecular weight is 467 g/mol. The molecule has 1 aliphatic heterocycles. The van der Waals surface area contributed by atoms with Crippen LogP contribution in [0.5, 0.6) is 0 Å². The predicted octanol–water partition coefficient (Wildman–Crippen LogP) is 5.96. The molecule has 3 aromatic carbocycles. The number of nitrogens with zero attached hydrogens (tertiary/aromatic N) is 1. The van der Waals surface area contributed by atoms with Gasteiger partial charge in [-0.1, -0.05) is 57.9 Å². The molecule has 1 atom stereocenters. The van der Waals surface area contributed by atoms with Gasteiger partial charge < -0.3 is 4.42 Å². The van der Waals surface area contributed by atoms with Crippen molar-refractivity contribution in [2.45, 2.75) is 6.04 Å². The number of carbonyl (C=O) groups excluding carboxylic acids is 1. The number of carbonyl (C=O) groups is 1. The molecule has 1 aromatic heterocycles. The molecule has 0 saturated heterocycles. The van der Waals surface area contributed by atoms with Gasteiger partial charge in [-0.2, -0.15) is 0 Å². The Bertz CT molecular complexity index is 1350. The van der Waals surface area contributed by atoms with Crippen LogP contribution in [0.4, 0.5) is 5.69 Å². The van der Waals surface area contributed by atoms with E-state index in [0.717, 1.165) is 10.0 Å². The number of benzene rings is 3. The molecular weight excluding hydrogens is 454 g/mol. The fraction of sp³-hybridized carbons (Fsp3) is 0.0435. The molecule has 0 N–H and O–H groups in total. The van der Waals surface area contributed by atoms with Crippen molar-refractivity contribution in [1.29, 1.82) is 0 Å². The molecule has 1 amide bonds. The Balaban J connectivity index is 1.84. The molecule has 4 nitrogen and oxygen atoms in total. The summed E-state index contributed by atoms with van der Waals surface area (Å²) in [5.74, 6) is -0.297. The minimum absolute atomic E-state index is 0.0682. The maximum absolute atomic E-state index is 13.4. The smallest absolute Gasteiger partial charge is 0.295 e.